The van der Waals surface area contributed by atoms with Crippen molar-refractivity contribution in [3.8, 4) is 22.9 Å². The van der Waals surface area contributed by atoms with Crippen molar-refractivity contribution in [2.75, 3.05) is 13.2 Å². The highest BCUT2D eigenvalue weighted by molar-refractivity contribution is 5.53. The average Bonchev–Trinajstić information content (AvgIpc) is 2.99. The van der Waals surface area contributed by atoms with Crippen LogP contribution in [0.1, 0.15) is 17.8 Å². The quantitative estimate of drug-likeness (QED) is 0.749. The van der Waals surface area contributed by atoms with Gasteiger partial charge in [-0.3, -0.25) is 5.10 Å². The van der Waals surface area contributed by atoms with E-state index < -0.39 is 0 Å². The van der Waals surface area contributed by atoms with Gasteiger partial charge >= 0.3 is 0 Å². The summed E-state index contributed by atoms with van der Waals surface area (Å²) in [6, 6.07) is 15.9. The van der Waals surface area contributed by atoms with Gasteiger partial charge in [-0.05, 0) is 6.07 Å². The topological polar surface area (TPSA) is 72.1 Å². The summed E-state index contributed by atoms with van der Waals surface area (Å²) in [5.74, 6) is 3.18. The molecule has 1 aromatic heterocycles. The fourth-order valence-corrected chi connectivity index (χ4v) is 2.80. The van der Waals surface area contributed by atoms with Crippen LogP contribution in [0.2, 0.25) is 0 Å². The molecule has 0 fully saturated rings. The second-order valence-electron chi connectivity index (χ2n) is 5.87. The van der Waals surface area contributed by atoms with Crippen LogP contribution in [-0.4, -0.2) is 28.4 Å². The predicted molar refractivity (Wildman–Crippen MR) is 94.4 cm³/mol. The first-order valence-corrected chi connectivity index (χ1v) is 8.45. The maximum absolute atomic E-state index is 5.84. The number of hydrogen-bond donors (Lipinski definition) is 2. The zero-order valence-electron chi connectivity index (χ0n) is 13.9. The Labute approximate surface area is 146 Å². The fraction of sp³-hybridized carbons (Fsp3) is 0.263. The number of nitrogens with zero attached hydrogens (tertiary/aromatic N) is 2. The van der Waals surface area contributed by atoms with E-state index in [0.717, 1.165) is 34.9 Å². The molecule has 3 aromatic rings. The van der Waals surface area contributed by atoms with Crippen molar-refractivity contribution < 1.29 is 9.47 Å². The molecule has 2 heterocycles. The molecule has 6 heteroatoms. The van der Waals surface area contributed by atoms with Crippen molar-refractivity contribution >= 4 is 0 Å². The van der Waals surface area contributed by atoms with E-state index in [2.05, 4.69) is 26.6 Å². The Balaban J connectivity index is 1.40. The van der Waals surface area contributed by atoms with Crippen LogP contribution < -0.4 is 14.8 Å². The molecule has 1 aliphatic rings. The van der Waals surface area contributed by atoms with Crippen molar-refractivity contribution in [2.24, 2.45) is 0 Å². The van der Waals surface area contributed by atoms with Gasteiger partial charge in [0.15, 0.2) is 17.3 Å². The second-order valence-corrected chi connectivity index (χ2v) is 5.87. The third-order valence-corrected chi connectivity index (χ3v) is 4.02. The van der Waals surface area contributed by atoms with Crippen LogP contribution in [0.5, 0.6) is 11.5 Å². The summed E-state index contributed by atoms with van der Waals surface area (Å²) in [6.07, 6.45) is 0.905. The molecule has 0 amide bonds. The van der Waals surface area contributed by atoms with E-state index in [1.807, 2.05) is 42.5 Å². The molecule has 0 saturated carbocycles. The largest absolute Gasteiger partial charge is 0.490 e. The summed E-state index contributed by atoms with van der Waals surface area (Å²) in [6.45, 7) is 2.66. The number of ether oxygens (including phenoxy) is 2. The molecule has 4 rings (SSSR count). The first-order valence-electron chi connectivity index (χ1n) is 8.45. The molecule has 2 aromatic carbocycles. The number of H-pyrrole nitrogens is 1. The Hall–Kier alpha value is -2.86. The predicted octanol–water partition coefficient (Wildman–Crippen LogP) is 2.92. The molecule has 0 saturated heterocycles. The lowest BCUT2D eigenvalue weighted by molar-refractivity contribution is 0.296. The van der Waals surface area contributed by atoms with Crippen LogP contribution in [0.3, 0.4) is 0 Å². The second kappa shape index (κ2) is 7.36. The smallest absolute Gasteiger partial charge is 0.181 e. The SMILES string of the molecule is c1ccc(-c2n[nH]c(CNCc3cccc4c3OCCCO4)n2)cc1. The first-order chi connectivity index (χ1) is 12.4. The van der Waals surface area contributed by atoms with E-state index in [9.17, 15) is 0 Å². The number of rotatable bonds is 5. The molecule has 128 valence electrons. The highest BCUT2D eigenvalue weighted by atomic mass is 16.5. The maximum Gasteiger partial charge on any atom is 0.181 e. The molecule has 1 aliphatic heterocycles. The van der Waals surface area contributed by atoms with Gasteiger partial charge < -0.3 is 14.8 Å². The minimum Gasteiger partial charge on any atom is -0.490 e. The third-order valence-electron chi connectivity index (χ3n) is 4.02. The van der Waals surface area contributed by atoms with E-state index >= 15 is 0 Å². The Morgan fingerprint density at radius 2 is 1.84 bits per heavy atom. The molecule has 0 bridgehead atoms. The Morgan fingerprint density at radius 3 is 2.76 bits per heavy atom. The zero-order chi connectivity index (χ0) is 16.9. The van der Waals surface area contributed by atoms with Crippen molar-refractivity contribution in [3.05, 3.63) is 59.9 Å². The summed E-state index contributed by atoms with van der Waals surface area (Å²) in [5.41, 5.74) is 2.09. The number of benzene rings is 2. The van der Waals surface area contributed by atoms with E-state index in [1.165, 1.54) is 0 Å². The molecular formula is C19H20N4O2. The van der Waals surface area contributed by atoms with Gasteiger partial charge in [-0.1, -0.05) is 42.5 Å². The molecule has 0 spiro atoms. The van der Waals surface area contributed by atoms with Gasteiger partial charge in [-0.15, -0.1) is 0 Å². The van der Waals surface area contributed by atoms with E-state index in [1.54, 1.807) is 0 Å². The molecule has 0 radical (unpaired) electrons. The van der Waals surface area contributed by atoms with Crippen LogP contribution >= 0.6 is 0 Å². The van der Waals surface area contributed by atoms with Crippen molar-refractivity contribution in [2.45, 2.75) is 19.5 Å². The van der Waals surface area contributed by atoms with Crippen molar-refractivity contribution in [3.63, 3.8) is 0 Å². The normalized spacial score (nSPS) is 13.4. The molecule has 0 aliphatic carbocycles. The summed E-state index contributed by atoms with van der Waals surface area (Å²) in [5, 5.41) is 10.6. The number of aromatic nitrogens is 3. The maximum atomic E-state index is 5.84. The lowest BCUT2D eigenvalue weighted by Crippen LogP contribution is -2.14. The van der Waals surface area contributed by atoms with Crippen LogP contribution in [0.15, 0.2) is 48.5 Å². The van der Waals surface area contributed by atoms with Crippen LogP contribution in [-0.2, 0) is 13.1 Å². The van der Waals surface area contributed by atoms with E-state index in [-0.39, 0.29) is 0 Å². The van der Waals surface area contributed by atoms with Crippen molar-refractivity contribution in [1.82, 2.24) is 20.5 Å². The number of nitrogens with one attached hydrogen (secondary N) is 2. The summed E-state index contributed by atoms with van der Waals surface area (Å²) in [7, 11) is 0. The van der Waals surface area contributed by atoms with E-state index in [4.69, 9.17) is 9.47 Å². The molecule has 6 nitrogen and oxygen atoms in total. The zero-order valence-corrected chi connectivity index (χ0v) is 13.9. The monoisotopic (exact) mass is 336 g/mol. The third kappa shape index (κ3) is 3.64. The van der Waals surface area contributed by atoms with Crippen molar-refractivity contribution in [1.29, 1.82) is 0 Å². The Kier molecular flexibility index (Phi) is 4.61. The Bertz CT molecular complexity index is 832. The summed E-state index contributed by atoms with van der Waals surface area (Å²) in [4.78, 5) is 4.53. The highest BCUT2D eigenvalue weighted by Crippen LogP contribution is 2.33. The van der Waals surface area contributed by atoms with Crippen LogP contribution in [0, 0.1) is 0 Å². The molecule has 0 unspecified atom stereocenters. The van der Waals surface area contributed by atoms with Gasteiger partial charge in [0.1, 0.15) is 5.82 Å². The summed E-state index contributed by atoms with van der Waals surface area (Å²) < 4.78 is 11.6. The van der Waals surface area contributed by atoms with Crippen LogP contribution in [0.4, 0.5) is 0 Å². The van der Waals surface area contributed by atoms with Gasteiger partial charge in [-0.25, -0.2) is 4.98 Å². The summed E-state index contributed by atoms with van der Waals surface area (Å²) >= 11 is 0. The number of aromatic amines is 1. The standard InChI is InChI=1S/C19H20N4O2/c1-2-6-14(7-3-1)19-21-17(22-23-19)13-20-12-15-8-4-9-16-18(15)25-11-5-10-24-16/h1-4,6-9,20H,5,10-13H2,(H,21,22,23). The first kappa shape index (κ1) is 15.7. The molecular weight excluding hydrogens is 316 g/mol. The van der Waals surface area contributed by atoms with Gasteiger partial charge in [0.05, 0.1) is 19.8 Å². The minimum atomic E-state index is 0.602. The molecule has 2 N–H and O–H groups in total. The molecule has 25 heavy (non-hydrogen) atoms. The number of fused-ring (bicyclic) bond motifs is 1. The van der Waals surface area contributed by atoms with Crippen LogP contribution in [0.25, 0.3) is 11.4 Å². The average molecular weight is 336 g/mol. The van der Waals surface area contributed by atoms with Gasteiger partial charge in [-0.2, -0.15) is 5.10 Å². The fourth-order valence-electron chi connectivity index (χ4n) is 2.80. The minimum absolute atomic E-state index is 0.602. The van der Waals surface area contributed by atoms with Gasteiger partial charge in [0.2, 0.25) is 0 Å². The number of hydrogen-bond acceptors (Lipinski definition) is 5. The highest BCUT2D eigenvalue weighted by Gasteiger charge is 2.14. The van der Waals surface area contributed by atoms with Gasteiger partial charge in [0, 0.05) is 24.1 Å². The lowest BCUT2D eigenvalue weighted by atomic mass is 10.2. The number of para-hydroxylation sites is 1. The van der Waals surface area contributed by atoms with Gasteiger partial charge in [0.25, 0.3) is 0 Å². The lowest BCUT2D eigenvalue weighted by Gasteiger charge is -2.12. The van der Waals surface area contributed by atoms with E-state index in [0.29, 0.717) is 32.1 Å². The Morgan fingerprint density at radius 1 is 0.960 bits per heavy atom. The molecule has 0 atom stereocenters.